The summed E-state index contributed by atoms with van der Waals surface area (Å²) >= 11 is 0. The SMILES string of the molecule is COCCNCc1ccc(N2CCOCC2)c(C)c1. The first-order chi connectivity index (χ1) is 9.31. The average Bonchev–Trinajstić information content (AvgIpc) is 2.45. The molecule has 0 radical (unpaired) electrons. The molecule has 0 amide bonds. The highest BCUT2D eigenvalue weighted by atomic mass is 16.5. The standard InChI is InChI=1S/C15H24N2O2/c1-13-11-14(12-16-5-8-18-2)3-4-15(13)17-6-9-19-10-7-17/h3-4,11,16H,5-10,12H2,1-2H3. The molecule has 1 aromatic rings. The number of hydrogen-bond acceptors (Lipinski definition) is 4. The minimum atomic E-state index is 0.755. The van der Waals surface area contributed by atoms with Crippen LogP contribution < -0.4 is 10.2 Å². The smallest absolute Gasteiger partial charge is 0.0642 e. The van der Waals surface area contributed by atoms with Gasteiger partial charge in [0.15, 0.2) is 0 Å². The maximum absolute atomic E-state index is 5.40. The minimum absolute atomic E-state index is 0.755. The van der Waals surface area contributed by atoms with E-state index in [1.165, 1.54) is 16.8 Å². The lowest BCUT2D eigenvalue weighted by Gasteiger charge is -2.30. The number of anilines is 1. The highest BCUT2D eigenvalue weighted by Gasteiger charge is 2.13. The van der Waals surface area contributed by atoms with E-state index in [0.29, 0.717) is 0 Å². The van der Waals surface area contributed by atoms with Crippen molar-refractivity contribution >= 4 is 5.69 Å². The van der Waals surface area contributed by atoms with E-state index in [9.17, 15) is 0 Å². The third-order valence-electron chi connectivity index (χ3n) is 3.43. The molecular weight excluding hydrogens is 240 g/mol. The Kier molecular flexibility index (Phi) is 5.63. The van der Waals surface area contributed by atoms with Crippen molar-refractivity contribution in [3.63, 3.8) is 0 Å². The highest BCUT2D eigenvalue weighted by Crippen LogP contribution is 2.22. The zero-order valence-corrected chi connectivity index (χ0v) is 11.9. The van der Waals surface area contributed by atoms with Gasteiger partial charge in [-0.05, 0) is 24.1 Å². The number of rotatable bonds is 6. The first-order valence-electron chi connectivity index (χ1n) is 6.93. The van der Waals surface area contributed by atoms with Crippen LogP contribution in [0.4, 0.5) is 5.69 Å². The van der Waals surface area contributed by atoms with Crippen molar-refractivity contribution in [3.8, 4) is 0 Å². The maximum Gasteiger partial charge on any atom is 0.0642 e. The third kappa shape index (κ3) is 4.20. The van der Waals surface area contributed by atoms with Gasteiger partial charge in [0, 0.05) is 39.0 Å². The molecule has 1 saturated heterocycles. The Balaban J connectivity index is 1.92. The van der Waals surface area contributed by atoms with Crippen molar-refractivity contribution in [3.05, 3.63) is 29.3 Å². The Morgan fingerprint density at radius 1 is 1.32 bits per heavy atom. The van der Waals surface area contributed by atoms with Crippen molar-refractivity contribution in [2.75, 3.05) is 51.5 Å². The van der Waals surface area contributed by atoms with E-state index in [1.54, 1.807) is 7.11 Å². The lowest BCUT2D eigenvalue weighted by Crippen LogP contribution is -2.36. The summed E-state index contributed by atoms with van der Waals surface area (Å²) in [5.74, 6) is 0. The van der Waals surface area contributed by atoms with Gasteiger partial charge in [-0.3, -0.25) is 0 Å². The molecule has 0 spiro atoms. The summed E-state index contributed by atoms with van der Waals surface area (Å²) in [5, 5.41) is 3.37. The lowest BCUT2D eigenvalue weighted by atomic mass is 10.1. The van der Waals surface area contributed by atoms with E-state index >= 15 is 0 Å². The molecule has 0 unspecified atom stereocenters. The summed E-state index contributed by atoms with van der Waals surface area (Å²) in [6.45, 7) is 8.38. The van der Waals surface area contributed by atoms with Crippen LogP contribution >= 0.6 is 0 Å². The van der Waals surface area contributed by atoms with Gasteiger partial charge in [0.25, 0.3) is 0 Å². The van der Waals surface area contributed by atoms with E-state index in [-0.39, 0.29) is 0 Å². The Bertz CT molecular complexity index is 390. The first kappa shape index (κ1) is 14.3. The minimum Gasteiger partial charge on any atom is -0.383 e. The molecule has 19 heavy (non-hydrogen) atoms. The summed E-state index contributed by atoms with van der Waals surface area (Å²) in [6, 6.07) is 6.70. The van der Waals surface area contributed by atoms with Crippen LogP contribution in [0.2, 0.25) is 0 Å². The summed E-state index contributed by atoms with van der Waals surface area (Å²) in [7, 11) is 1.73. The molecule has 1 aromatic carbocycles. The van der Waals surface area contributed by atoms with E-state index in [2.05, 4.69) is 35.3 Å². The molecule has 0 aliphatic carbocycles. The number of aryl methyl sites for hydroxylation is 1. The molecule has 2 rings (SSSR count). The number of nitrogens with zero attached hydrogens (tertiary/aromatic N) is 1. The van der Waals surface area contributed by atoms with Crippen LogP contribution in [0.25, 0.3) is 0 Å². The van der Waals surface area contributed by atoms with Crippen LogP contribution in [0, 0.1) is 6.92 Å². The van der Waals surface area contributed by atoms with Crippen molar-refractivity contribution < 1.29 is 9.47 Å². The van der Waals surface area contributed by atoms with Gasteiger partial charge >= 0.3 is 0 Å². The van der Waals surface area contributed by atoms with Gasteiger partial charge in [-0.15, -0.1) is 0 Å². The van der Waals surface area contributed by atoms with Crippen molar-refractivity contribution in [1.82, 2.24) is 5.32 Å². The fraction of sp³-hybridized carbons (Fsp3) is 0.600. The fourth-order valence-electron chi connectivity index (χ4n) is 2.39. The highest BCUT2D eigenvalue weighted by molar-refractivity contribution is 5.54. The first-order valence-corrected chi connectivity index (χ1v) is 6.93. The third-order valence-corrected chi connectivity index (χ3v) is 3.43. The van der Waals surface area contributed by atoms with Gasteiger partial charge in [0.05, 0.1) is 19.8 Å². The average molecular weight is 264 g/mol. The van der Waals surface area contributed by atoms with Gasteiger partial charge in [-0.25, -0.2) is 0 Å². The number of benzene rings is 1. The predicted molar refractivity (Wildman–Crippen MR) is 77.8 cm³/mol. The van der Waals surface area contributed by atoms with Crippen LogP contribution in [0.1, 0.15) is 11.1 Å². The lowest BCUT2D eigenvalue weighted by molar-refractivity contribution is 0.122. The van der Waals surface area contributed by atoms with E-state index in [4.69, 9.17) is 9.47 Å². The summed E-state index contributed by atoms with van der Waals surface area (Å²) in [4.78, 5) is 2.40. The van der Waals surface area contributed by atoms with E-state index < -0.39 is 0 Å². The largest absolute Gasteiger partial charge is 0.383 e. The normalized spacial score (nSPS) is 15.8. The van der Waals surface area contributed by atoms with E-state index in [1.807, 2.05) is 0 Å². The van der Waals surface area contributed by atoms with Crippen LogP contribution in [-0.2, 0) is 16.0 Å². The Morgan fingerprint density at radius 3 is 2.79 bits per heavy atom. The second-order valence-corrected chi connectivity index (χ2v) is 4.89. The van der Waals surface area contributed by atoms with E-state index in [0.717, 1.165) is 46.0 Å². The van der Waals surface area contributed by atoms with Crippen molar-refractivity contribution in [2.24, 2.45) is 0 Å². The van der Waals surface area contributed by atoms with Crippen LogP contribution in [0.3, 0.4) is 0 Å². The number of ether oxygens (including phenoxy) is 2. The quantitative estimate of drug-likeness (QED) is 0.791. The monoisotopic (exact) mass is 264 g/mol. The molecule has 1 fully saturated rings. The topological polar surface area (TPSA) is 33.7 Å². The van der Waals surface area contributed by atoms with Gasteiger partial charge in [-0.2, -0.15) is 0 Å². The van der Waals surface area contributed by atoms with Gasteiger partial charge in [0.1, 0.15) is 0 Å². The molecule has 0 saturated carbocycles. The molecule has 106 valence electrons. The number of hydrogen-bond donors (Lipinski definition) is 1. The van der Waals surface area contributed by atoms with Crippen molar-refractivity contribution in [1.29, 1.82) is 0 Å². The van der Waals surface area contributed by atoms with Crippen LogP contribution in [0.15, 0.2) is 18.2 Å². The molecule has 1 aliphatic rings. The number of morpholine rings is 1. The van der Waals surface area contributed by atoms with Gasteiger partial charge in [-0.1, -0.05) is 12.1 Å². The Morgan fingerprint density at radius 2 is 2.11 bits per heavy atom. The van der Waals surface area contributed by atoms with Crippen LogP contribution in [-0.4, -0.2) is 46.6 Å². The summed E-state index contributed by atoms with van der Waals surface area (Å²) in [5.41, 5.74) is 4.00. The van der Waals surface area contributed by atoms with Crippen molar-refractivity contribution in [2.45, 2.75) is 13.5 Å². The molecule has 4 heteroatoms. The zero-order chi connectivity index (χ0) is 13.5. The molecule has 0 atom stereocenters. The predicted octanol–water partition coefficient (Wildman–Crippen LogP) is 1.57. The molecule has 0 aromatic heterocycles. The van der Waals surface area contributed by atoms with Gasteiger partial charge in [0.2, 0.25) is 0 Å². The van der Waals surface area contributed by atoms with Gasteiger partial charge < -0.3 is 19.7 Å². The molecule has 0 bridgehead atoms. The molecule has 1 N–H and O–H groups in total. The molecular formula is C15H24N2O2. The summed E-state index contributed by atoms with van der Waals surface area (Å²) in [6.07, 6.45) is 0. The zero-order valence-electron chi connectivity index (χ0n) is 11.9. The summed E-state index contributed by atoms with van der Waals surface area (Å²) < 4.78 is 10.4. The molecule has 1 aliphatic heterocycles. The molecule has 4 nitrogen and oxygen atoms in total. The van der Waals surface area contributed by atoms with Crippen LogP contribution in [0.5, 0.6) is 0 Å². The number of nitrogens with one attached hydrogen (secondary N) is 1. The Labute approximate surface area is 115 Å². The molecule has 1 heterocycles. The second kappa shape index (κ2) is 7.48. The number of methoxy groups -OCH3 is 1. The fourth-order valence-corrected chi connectivity index (χ4v) is 2.39. The maximum atomic E-state index is 5.40. The Hall–Kier alpha value is -1.10. The second-order valence-electron chi connectivity index (χ2n) is 4.89.